The van der Waals surface area contributed by atoms with Crippen molar-refractivity contribution in [3.63, 3.8) is 0 Å². The second kappa shape index (κ2) is 6.35. The zero-order chi connectivity index (χ0) is 13.8. The van der Waals surface area contributed by atoms with Crippen LogP contribution in [-0.4, -0.2) is 43.1 Å². The third-order valence-corrected chi connectivity index (χ3v) is 4.15. The summed E-state index contributed by atoms with van der Waals surface area (Å²) in [5.74, 6) is 0. The van der Waals surface area contributed by atoms with Crippen molar-refractivity contribution in [2.45, 2.75) is 38.3 Å². The second-order valence-electron chi connectivity index (χ2n) is 5.63. The van der Waals surface area contributed by atoms with E-state index in [0.717, 1.165) is 18.7 Å². The van der Waals surface area contributed by atoms with Gasteiger partial charge in [-0.2, -0.15) is 0 Å². The number of nitrogens with two attached hydrogens (primary N) is 1. The zero-order valence-electron chi connectivity index (χ0n) is 12.3. The maximum absolute atomic E-state index is 6.00. The van der Waals surface area contributed by atoms with Gasteiger partial charge in [-0.1, -0.05) is 6.92 Å². The third-order valence-electron chi connectivity index (χ3n) is 4.15. The fourth-order valence-electron chi connectivity index (χ4n) is 2.70. The van der Waals surface area contributed by atoms with E-state index in [1.807, 2.05) is 6.20 Å². The third kappa shape index (κ3) is 3.45. The standard InChI is InChI=1S/C15H26N4/c1-4-14(16)15-8-7-12(10-17-15)19(3)13-6-5-9-18(2)11-13/h7-8,10,13-14H,4-6,9,11,16H2,1-3H3/t13?,14-/m1/s1. The van der Waals surface area contributed by atoms with E-state index in [0.29, 0.717) is 6.04 Å². The van der Waals surface area contributed by atoms with Crippen molar-refractivity contribution in [2.24, 2.45) is 5.73 Å². The largest absolute Gasteiger partial charge is 0.369 e. The number of hydrogen-bond acceptors (Lipinski definition) is 4. The minimum Gasteiger partial charge on any atom is -0.369 e. The smallest absolute Gasteiger partial charge is 0.0572 e. The fraction of sp³-hybridized carbons (Fsp3) is 0.667. The molecule has 4 nitrogen and oxygen atoms in total. The molecule has 1 aromatic rings. The Balaban J connectivity index is 2.04. The minimum atomic E-state index is 0.0557. The molecule has 0 radical (unpaired) electrons. The molecule has 0 saturated carbocycles. The summed E-state index contributed by atoms with van der Waals surface area (Å²) >= 11 is 0. The van der Waals surface area contributed by atoms with Crippen molar-refractivity contribution in [3.05, 3.63) is 24.0 Å². The van der Waals surface area contributed by atoms with Gasteiger partial charge in [0.05, 0.1) is 17.6 Å². The molecular weight excluding hydrogens is 236 g/mol. The highest BCUT2D eigenvalue weighted by molar-refractivity contribution is 5.45. The van der Waals surface area contributed by atoms with Crippen LogP contribution in [0.5, 0.6) is 0 Å². The van der Waals surface area contributed by atoms with Crippen LogP contribution in [0.3, 0.4) is 0 Å². The van der Waals surface area contributed by atoms with E-state index in [9.17, 15) is 0 Å². The summed E-state index contributed by atoms with van der Waals surface area (Å²) in [5.41, 5.74) is 8.17. The van der Waals surface area contributed by atoms with Crippen LogP contribution >= 0.6 is 0 Å². The van der Waals surface area contributed by atoms with Gasteiger partial charge in [-0.3, -0.25) is 4.98 Å². The van der Waals surface area contributed by atoms with Gasteiger partial charge in [-0.05, 0) is 45.0 Å². The molecule has 1 saturated heterocycles. The number of rotatable bonds is 4. The lowest BCUT2D eigenvalue weighted by Gasteiger charge is -2.37. The normalized spacial score (nSPS) is 22.2. The molecule has 0 aliphatic carbocycles. The number of nitrogens with zero attached hydrogens (tertiary/aromatic N) is 3. The predicted octanol–water partition coefficient (Wildman–Crippen LogP) is 2.02. The quantitative estimate of drug-likeness (QED) is 0.902. The topological polar surface area (TPSA) is 45.4 Å². The number of piperidine rings is 1. The Labute approximate surface area is 116 Å². The van der Waals surface area contributed by atoms with Crippen molar-refractivity contribution >= 4 is 5.69 Å². The number of hydrogen-bond donors (Lipinski definition) is 1. The van der Waals surface area contributed by atoms with Gasteiger partial charge < -0.3 is 15.5 Å². The lowest BCUT2D eigenvalue weighted by Crippen LogP contribution is -2.45. The number of pyridine rings is 1. The summed E-state index contributed by atoms with van der Waals surface area (Å²) in [4.78, 5) is 9.26. The first kappa shape index (κ1) is 14.3. The summed E-state index contributed by atoms with van der Waals surface area (Å²) in [6.45, 7) is 4.43. The van der Waals surface area contributed by atoms with E-state index in [1.54, 1.807) is 0 Å². The summed E-state index contributed by atoms with van der Waals surface area (Å²) in [5, 5.41) is 0. The van der Waals surface area contributed by atoms with Crippen molar-refractivity contribution in [3.8, 4) is 0 Å². The molecule has 2 heterocycles. The summed E-state index contributed by atoms with van der Waals surface area (Å²) in [6.07, 6.45) is 5.42. The van der Waals surface area contributed by atoms with Crippen LogP contribution < -0.4 is 10.6 Å². The Morgan fingerprint density at radius 2 is 2.32 bits per heavy atom. The van der Waals surface area contributed by atoms with E-state index in [4.69, 9.17) is 5.73 Å². The maximum Gasteiger partial charge on any atom is 0.0572 e. The van der Waals surface area contributed by atoms with Gasteiger partial charge in [0.2, 0.25) is 0 Å². The van der Waals surface area contributed by atoms with Gasteiger partial charge in [-0.15, -0.1) is 0 Å². The van der Waals surface area contributed by atoms with Crippen LogP contribution in [0.2, 0.25) is 0 Å². The molecule has 1 aromatic heterocycles. The molecule has 2 rings (SSSR count). The molecule has 0 spiro atoms. The minimum absolute atomic E-state index is 0.0557. The Kier molecular flexibility index (Phi) is 4.77. The highest BCUT2D eigenvalue weighted by atomic mass is 15.2. The monoisotopic (exact) mass is 262 g/mol. The summed E-state index contributed by atoms with van der Waals surface area (Å²) < 4.78 is 0. The van der Waals surface area contributed by atoms with Crippen LogP contribution in [0.15, 0.2) is 18.3 Å². The highest BCUT2D eigenvalue weighted by Gasteiger charge is 2.21. The Bertz CT molecular complexity index is 390. The van der Waals surface area contributed by atoms with Crippen LogP contribution in [0, 0.1) is 0 Å². The van der Waals surface area contributed by atoms with E-state index < -0.39 is 0 Å². The molecule has 0 amide bonds. The summed E-state index contributed by atoms with van der Waals surface area (Å²) in [7, 11) is 4.36. The first-order chi connectivity index (χ1) is 9.11. The Morgan fingerprint density at radius 1 is 1.53 bits per heavy atom. The number of likely N-dealkylation sites (tertiary alicyclic amines) is 1. The van der Waals surface area contributed by atoms with Gasteiger partial charge >= 0.3 is 0 Å². The molecule has 2 atom stereocenters. The first-order valence-electron chi connectivity index (χ1n) is 7.24. The van der Waals surface area contributed by atoms with Gasteiger partial charge in [0.1, 0.15) is 0 Å². The average Bonchev–Trinajstić information content (AvgIpc) is 2.46. The van der Waals surface area contributed by atoms with Crippen LogP contribution in [0.1, 0.15) is 37.9 Å². The zero-order valence-corrected chi connectivity index (χ0v) is 12.3. The molecule has 2 N–H and O–H groups in total. The van der Waals surface area contributed by atoms with Gasteiger partial charge in [0.15, 0.2) is 0 Å². The molecule has 4 heteroatoms. The van der Waals surface area contributed by atoms with E-state index >= 15 is 0 Å². The highest BCUT2D eigenvalue weighted by Crippen LogP contribution is 2.21. The van der Waals surface area contributed by atoms with Crippen LogP contribution in [0.4, 0.5) is 5.69 Å². The van der Waals surface area contributed by atoms with Gasteiger partial charge in [0.25, 0.3) is 0 Å². The average molecular weight is 262 g/mol. The van der Waals surface area contributed by atoms with Crippen molar-refractivity contribution < 1.29 is 0 Å². The van der Waals surface area contributed by atoms with Gasteiger partial charge in [0, 0.05) is 25.7 Å². The SMILES string of the molecule is CC[C@@H](N)c1ccc(N(C)C2CCCN(C)C2)cn1. The number of aromatic nitrogens is 1. The Morgan fingerprint density at radius 3 is 2.89 bits per heavy atom. The molecule has 1 unspecified atom stereocenters. The molecule has 1 aliphatic rings. The lowest BCUT2D eigenvalue weighted by atomic mass is 10.0. The molecule has 0 aromatic carbocycles. The molecule has 1 fully saturated rings. The van der Waals surface area contributed by atoms with Crippen molar-refractivity contribution in [1.82, 2.24) is 9.88 Å². The first-order valence-corrected chi connectivity index (χ1v) is 7.24. The van der Waals surface area contributed by atoms with Crippen molar-refractivity contribution in [1.29, 1.82) is 0 Å². The van der Waals surface area contributed by atoms with E-state index in [2.05, 4.69) is 47.9 Å². The Hall–Kier alpha value is -1.13. The second-order valence-corrected chi connectivity index (χ2v) is 5.63. The molecule has 19 heavy (non-hydrogen) atoms. The van der Waals surface area contributed by atoms with Crippen LogP contribution in [-0.2, 0) is 0 Å². The predicted molar refractivity (Wildman–Crippen MR) is 80.4 cm³/mol. The molecule has 106 valence electrons. The van der Waals surface area contributed by atoms with Crippen LogP contribution in [0.25, 0.3) is 0 Å². The molecule has 1 aliphatic heterocycles. The molecule has 0 bridgehead atoms. The fourth-order valence-corrected chi connectivity index (χ4v) is 2.70. The number of likely N-dealkylation sites (N-methyl/N-ethyl adjacent to an activating group) is 2. The maximum atomic E-state index is 6.00. The molecular formula is C15H26N4. The lowest BCUT2D eigenvalue weighted by molar-refractivity contribution is 0.248. The van der Waals surface area contributed by atoms with Crippen molar-refractivity contribution in [2.75, 3.05) is 32.1 Å². The van der Waals surface area contributed by atoms with E-state index in [-0.39, 0.29) is 6.04 Å². The van der Waals surface area contributed by atoms with Gasteiger partial charge in [-0.25, -0.2) is 0 Å². The van der Waals surface area contributed by atoms with E-state index in [1.165, 1.54) is 25.1 Å². The summed E-state index contributed by atoms with van der Waals surface area (Å²) in [6, 6.07) is 4.85. The number of anilines is 1.